The first kappa shape index (κ1) is 11.7. The Labute approximate surface area is 114 Å². The van der Waals surface area contributed by atoms with Gasteiger partial charge >= 0.3 is 0 Å². The van der Waals surface area contributed by atoms with Gasteiger partial charge < -0.3 is 0 Å². The molecular formula is C14H9ClN2O2. The van der Waals surface area contributed by atoms with Crippen LogP contribution in [0.5, 0.6) is 0 Å². The Hall–Kier alpha value is -2.33. The van der Waals surface area contributed by atoms with Gasteiger partial charge in [0.2, 0.25) is 0 Å². The number of nitrogens with zero attached hydrogens (tertiary/aromatic N) is 1. The number of hydrazine groups is 1. The van der Waals surface area contributed by atoms with Crippen LogP contribution in [-0.4, -0.2) is 16.8 Å². The van der Waals surface area contributed by atoms with Gasteiger partial charge in [0, 0.05) is 0 Å². The van der Waals surface area contributed by atoms with Crippen molar-refractivity contribution in [1.29, 1.82) is 0 Å². The van der Waals surface area contributed by atoms with E-state index in [-0.39, 0.29) is 11.8 Å². The molecule has 0 atom stereocenters. The van der Waals surface area contributed by atoms with E-state index < -0.39 is 0 Å². The Kier molecular flexibility index (Phi) is 2.72. The summed E-state index contributed by atoms with van der Waals surface area (Å²) in [7, 11) is 0. The van der Waals surface area contributed by atoms with E-state index in [0.29, 0.717) is 21.8 Å². The maximum atomic E-state index is 12.1. The predicted octanol–water partition coefficient (Wildman–Crippen LogP) is 2.96. The molecule has 5 heteroatoms. The Morgan fingerprint density at radius 3 is 1.95 bits per heavy atom. The second-order valence-corrected chi connectivity index (χ2v) is 4.49. The highest BCUT2D eigenvalue weighted by atomic mass is 35.5. The fourth-order valence-corrected chi connectivity index (χ4v) is 2.14. The summed E-state index contributed by atoms with van der Waals surface area (Å²) in [5.74, 6) is -0.749. The van der Waals surface area contributed by atoms with Crippen molar-refractivity contribution in [3.63, 3.8) is 0 Å². The quantitative estimate of drug-likeness (QED) is 0.855. The van der Waals surface area contributed by atoms with E-state index >= 15 is 0 Å². The molecule has 0 radical (unpaired) electrons. The maximum Gasteiger partial charge on any atom is 0.280 e. The zero-order valence-electron chi connectivity index (χ0n) is 9.76. The van der Waals surface area contributed by atoms with Crippen molar-refractivity contribution in [2.24, 2.45) is 0 Å². The molecule has 4 nitrogen and oxygen atoms in total. The topological polar surface area (TPSA) is 49.4 Å². The smallest absolute Gasteiger partial charge is 0.280 e. The predicted molar refractivity (Wildman–Crippen MR) is 72.0 cm³/mol. The monoisotopic (exact) mass is 272 g/mol. The van der Waals surface area contributed by atoms with E-state index in [1.807, 2.05) is 0 Å². The summed E-state index contributed by atoms with van der Waals surface area (Å²) in [6.45, 7) is 0. The normalized spacial score (nSPS) is 13.6. The van der Waals surface area contributed by atoms with Gasteiger partial charge in [0.25, 0.3) is 11.8 Å². The molecule has 0 saturated heterocycles. The average molecular weight is 273 g/mol. The van der Waals surface area contributed by atoms with Crippen LogP contribution in [-0.2, 0) is 0 Å². The zero-order valence-corrected chi connectivity index (χ0v) is 10.5. The van der Waals surface area contributed by atoms with Crippen LogP contribution in [0.4, 0.5) is 5.69 Å². The molecule has 0 saturated carbocycles. The number of para-hydroxylation sites is 1. The van der Waals surface area contributed by atoms with Crippen LogP contribution in [0, 0.1) is 0 Å². The van der Waals surface area contributed by atoms with Crippen molar-refractivity contribution in [2.75, 3.05) is 5.43 Å². The Morgan fingerprint density at radius 1 is 0.842 bits per heavy atom. The Morgan fingerprint density at radius 2 is 1.37 bits per heavy atom. The molecule has 3 rings (SSSR count). The number of anilines is 1. The minimum Gasteiger partial charge on any atom is -0.287 e. The van der Waals surface area contributed by atoms with Gasteiger partial charge in [-0.25, -0.2) is 0 Å². The largest absolute Gasteiger partial charge is 0.287 e. The number of hydrogen-bond acceptors (Lipinski definition) is 3. The summed E-state index contributed by atoms with van der Waals surface area (Å²) in [6, 6.07) is 13.6. The number of carbonyl (C=O) groups is 2. The molecule has 0 unspecified atom stereocenters. The van der Waals surface area contributed by atoms with Crippen LogP contribution in [0.2, 0.25) is 5.02 Å². The standard InChI is InChI=1S/C14H9ClN2O2/c15-11-7-3-4-8-12(11)16-17-13(18)9-5-1-2-6-10(9)14(17)19/h1-8,16H. The fraction of sp³-hybridized carbons (Fsp3) is 0. The maximum absolute atomic E-state index is 12.1. The van der Waals surface area contributed by atoms with Gasteiger partial charge in [-0.3, -0.25) is 15.0 Å². The summed E-state index contributed by atoms with van der Waals surface area (Å²) in [5, 5.41) is 1.42. The van der Waals surface area contributed by atoms with E-state index in [4.69, 9.17) is 11.6 Å². The molecular weight excluding hydrogens is 264 g/mol. The van der Waals surface area contributed by atoms with Crippen LogP contribution in [0.25, 0.3) is 0 Å². The minimum absolute atomic E-state index is 0.375. The number of hydrogen-bond donors (Lipinski definition) is 1. The summed E-state index contributed by atoms with van der Waals surface area (Å²) in [4.78, 5) is 24.2. The molecule has 2 amide bonds. The van der Waals surface area contributed by atoms with E-state index in [1.54, 1.807) is 48.5 Å². The molecule has 0 aromatic heterocycles. The summed E-state index contributed by atoms with van der Waals surface area (Å²) in [6.07, 6.45) is 0. The van der Waals surface area contributed by atoms with E-state index in [9.17, 15) is 9.59 Å². The van der Waals surface area contributed by atoms with Crippen LogP contribution in [0.3, 0.4) is 0 Å². The van der Waals surface area contributed by atoms with Crippen LogP contribution >= 0.6 is 11.6 Å². The van der Waals surface area contributed by atoms with Gasteiger partial charge in [-0.2, -0.15) is 5.01 Å². The second-order valence-electron chi connectivity index (χ2n) is 4.08. The number of nitrogens with one attached hydrogen (secondary N) is 1. The molecule has 1 N–H and O–H groups in total. The van der Waals surface area contributed by atoms with E-state index in [2.05, 4.69) is 5.43 Å². The molecule has 0 aliphatic carbocycles. The lowest BCUT2D eigenvalue weighted by Crippen LogP contribution is -2.35. The molecule has 0 bridgehead atoms. The SMILES string of the molecule is O=C1c2ccccc2C(=O)N1Nc1ccccc1Cl. The minimum atomic E-state index is -0.375. The van der Waals surface area contributed by atoms with Crippen LogP contribution in [0.1, 0.15) is 20.7 Å². The van der Waals surface area contributed by atoms with Crippen molar-refractivity contribution in [3.05, 3.63) is 64.7 Å². The van der Waals surface area contributed by atoms with Gasteiger partial charge in [-0.1, -0.05) is 35.9 Å². The number of halogens is 1. The van der Waals surface area contributed by atoms with Crippen LogP contribution in [0.15, 0.2) is 48.5 Å². The first-order chi connectivity index (χ1) is 9.18. The summed E-state index contributed by atoms with van der Waals surface area (Å²) < 4.78 is 0. The second kappa shape index (κ2) is 4.40. The van der Waals surface area contributed by atoms with Crippen molar-refractivity contribution < 1.29 is 9.59 Å². The van der Waals surface area contributed by atoms with E-state index in [0.717, 1.165) is 5.01 Å². The van der Waals surface area contributed by atoms with Gasteiger partial charge in [-0.15, -0.1) is 0 Å². The van der Waals surface area contributed by atoms with Gasteiger partial charge in [0.1, 0.15) is 0 Å². The Balaban J connectivity index is 1.95. The number of amides is 2. The van der Waals surface area contributed by atoms with Crippen molar-refractivity contribution in [3.8, 4) is 0 Å². The fourth-order valence-electron chi connectivity index (χ4n) is 1.96. The highest BCUT2D eigenvalue weighted by molar-refractivity contribution is 6.33. The molecule has 0 spiro atoms. The Bertz CT molecular complexity index is 650. The number of benzene rings is 2. The highest BCUT2D eigenvalue weighted by Crippen LogP contribution is 2.26. The third kappa shape index (κ3) is 1.86. The molecule has 19 heavy (non-hydrogen) atoms. The van der Waals surface area contributed by atoms with Gasteiger partial charge in [0.15, 0.2) is 0 Å². The third-order valence-electron chi connectivity index (χ3n) is 2.90. The highest BCUT2D eigenvalue weighted by Gasteiger charge is 2.35. The third-order valence-corrected chi connectivity index (χ3v) is 3.23. The molecule has 1 heterocycles. The lowest BCUT2D eigenvalue weighted by Gasteiger charge is -2.17. The average Bonchev–Trinajstić information content (AvgIpc) is 2.67. The van der Waals surface area contributed by atoms with E-state index in [1.165, 1.54) is 0 Å². The lowest BCUT2D eigenvalue weighted by molar-refractivity contribution is 0.0691. The molecule has 2 aromatic carbocycles. The molecule has 0 fully saturated rings. The first-order valence-corrected chi connectivity index (χ1v) is 6.05. The summed E-state index contributed by atoms with van der Waals surface area (Å²) >= 11 is 6.00. The first-order valence-electron chi connectivity index (χ1n) is 5.67. The molecule has 1 aliphatic heterocycles. The number of imide groups is 1. The van der Waals surface area contributed by atoms with Crippen molar-refractivity contribution >= 4 is 29.1 Å². The number of carbonyl (C=O) groups excluding carboxylic acids is 2. The zero-order chi connectivity index (χ0) is 13.4. The lowest BCUT2D eigenvalue weighted by atomic mass is 10.1. The van der Waals surface area contributed by atoms with Crippen molar-refractivity contribution in [2.45, 2.75) is 0 Å². The molecule has 1 aliphatic rings. The van der Waals surface area contributed by atoms with Crippen molar-refractivity contribution in [1.82, 2.24) is 5.01 Å². The molecule has 94 valence electrons. The van der Waals surface area contributed by atoms with Crippen LogP contribution < -0.4 is 5.43 Å². The number of fused-ring (bicyclic) bond motifs is 1. The molecule has 2 aromatic rings. The van der Waals surface area contributed by atoms with Gasteiger partial charge in [0.05, 0.1) is 21.8 Å². The van der Waals surface area contributed by atoms with Gasteiger partial charge in [-0.05, 0) is 24.3 Å². The number of rotatable bonds is 2. The summed E-state index contributed by atoms with van der Waals surface area (Å²) in [5.41, 5.74) is 4.06.